The molecular formula is C24H22N2O5. The van der Waals surface area contributed by atoms with Gasteiger partial charge in [-0.05, 0) is 42.5 Å². The highest BCUT2D eigenvalue weighted by atomic mass is 16.6. The van der Waals surface area contributed by atoms with Gasteiger partial charge in [0.25, 0.3) is 11.8 Å². The molecule has 158 valence electrons. The molecule has 0 radical (unpaired) electrons. The minimum atomic E-state index is -0.314. The molecule has 3 aromatic rings. The van der Waals surface area contributed by atoms with Gasteiger partial charge in [0, 0.05) is 17.7 Å². The van der Waals surface area contributed by atoms with Crippen molar-refractivity contribution in [1.29, 1.82) is 0 Å². The van der Waals surface area contributed by atoms with Crippen molar-refractivity contribution in [3.8, 4) is 17.2 Å². The minimum Gasteiger partial charge on any atom is -0.497 e. The molecule has 0 unspecified atom stereocenters. The normalized spacial score (nSPS) is 12.0. The SMILES string of the molecule is COc1ccc(C(=O)Nc2ccccc2C(=O)NCc2cccc3c2OCCO3)cc1. The molecular weight excluding hydrogens is 396 g/mol. The van der Waals surface area contributed by atoms with E-state index in [9.17, 15) is 9.59 Å². The first-order valence-corrected chi connectivity index (χ1v) is 9.86. The number of carbonyl (C=O) groups is 2. The Bertz CT molecular complexity index is 1100. The Balaban J connectivity index is 1.46. The van der Waals surface area contributed by atoms with E-state index in [1.165, 1.54) is 0 Å². The average Bonchev–Trinajstić information content (AvgIpc) is 2.83. The number of hydrogen-bond donors (Lipinski definition) is 2. The minimum absolute atomic E-state index is 0.270. The Morgan fingerprint density at radius 2 is 1.68 bits per heavy atom. The number of rotatable bonds is 6. The third kappa shape index (κ3) is 4.61. The van der Waals surface area contributed by atoms with Crippen LogP contribution in [0.2, 0.25) is 0 Å². The summed E-state index contributed by atoms with van der Waals surface area (Å²) in [6, 6.07) is 19.2. The van der Waals surface area contributed by atoms with E-state index in [1.807, 2.05) is 18.2 Å². The van der Waals surface area contributed by atoms with Crippen LogP contribution in [0, 0.1) is 0 Å². The van der Waals surface area contributed by atoms with Crippen LogP contribution in [-0.4, -0.2) is 32.1 Å². The van der Waals surface area contributed by atoms with Crippen LogP contribution >= 0.6 is 0 Å². The molecule has 0 aliphatic carbocycles. The predicted octanol–water partition coefficient (Wildman–Crippen LogP) is 3.65. The van der Waals surface area contributed by atoms with Crippen molar-refractivity contribution in [3.05, 3.63) is 83.4 Å². The summed E-state index contributed by atoms with van der Waals surface area (Å²) in [5, 5.41) is 5.70. The smallest absolute Gasteiger partial charge is 0.255 e. The second-order valence-electron chi connectivity index (χ2n) is 6.85. The predicted molar refractivity (Wildman–Crippen MR) is 116 cm³/mol. The van der Waals surface area contributed by atoms with E-state index in [1.54, 1.807) is 55.6 Å². The number of fused-ring (bicyclic) bond motifs is 1. The fraction of sp³-hybridized carbons (Fsp3) is 0.167. The molecule has 7 heteroatoms. The second kappa shape index (κ2) is 9.21. The Kier molecular flexibility index (Phi) is 6.03. The third-order valence-corrected chi connectivity index (χ3v) is 4.86. The van der Waals surface area contributed by atoms with Gasteiger partial charge in [0.05, 0.1) is 18.4 Å². The van der Waals surface area contributed by atoms with Crippen molar-refractivity contribution in [1.82, 2.24) is 5.32 Å². The average molecular weight is 418 g/mol. The van der Waals surface area contributed by atoms with Crippen molar-refractivity contribution >= 4 is 17.5 Å². The van der Waals surface area contributed by atoms with E-state index in [0.29, 0.717) is 47.3 Å². The van der Waals surface area contributed by atoms with Gasteiger partial charge < -0.3 is 24.8 Å². The summed E-state index contributed by atoms with van der Waals surface area (Å²) in [6.07, 6.45) is 0. The summed E-state index contributed by atoms with van der Waals surface area (Å²) in [4.78, 5) is 25.5. The summed E-state index contributed by atoms with van der Waals surface area (Å²) < 4.78 is 16.4. The van der Waals surface area contributed by atoms with Gasteiger partial charge in [-0.15, -0.1) is 0 Å². The molecule has 1 aliphatic rings. The van der Waals surface area contributed by atoms with Gasteiger partial charge in [-0.3, -0.25) is 9.59 Å². The molecule has 0 bridgehead atoms. The zero-order valence-corrected chi connectivity index (χ0v) is 17.0. The molecule has 3 aromatic carbocycles. The van der Waals surface area contributed by atoms with E-state index < -0.39 is 0 Å². The maximum atomic E-state index is 12.9. The number of amides is 2. The first-order valence-electron chi connectivity index (χ1n) is 9.86. The van der Waals surface area contributed by atoms with Crippen LogP contribution in [0.4, 0.5) is 5.69 Å². The highest BCUT2D eigenvalue weighted by Crippen LogP contribution is 2.33. The third-order valence-electron chi connectivity index (χ3n) is 4.86. The lowest BCUT2D eigenvalue weighted by Gasteiger charge is -2.21. The van der Waals surface area contributed by atoms with Crippen LogP contribution in [0.15, 0.2) is 66.7 Å². The lowest BCUT2D eigenvalue weighted by atomic mass is 10.1. The second-order valence-corrected chi connectivity index (χ2v) is 6.85. The van der Waals surface area contributed by atoms with Gasteiger partial charge in [-0.1, -0.05) is 24.3 Å². The number of para-hydroxylation sites is 2. The van der Waals surface area contributed by atoms with Crippen LogP contribution < -0.4 is 24.8 Å². The molecule has 0 spiro atoms. The van der Waals surface area contributed by atoms with E-state index in [4.69, 9.17) is 14.2 Å². The largest absolute Gasteiger partial charge is 0.497 e. The highest BCUT2D eigenvalue weighted by Gasteiger charge is 2.18. The van der Waals surface area contributed by atoms with Crippen molar-refractivity contribution in [2.75, 3.05) is 25.6 Å². The quantitative estimate of drug-likeness (QED) is 0.638. The Labute approximate surface area is 179 Å². The monoisotopic (exact) mass is 418 g/mol. The van der Waals surface area contributed by atoms with Crippen LogP contribution in [0.5, 0.6) is 17.2 Å². The fourth-order valence-corrected chi connectivity index (χ4v) is 3.27. The van der Waals surface area contributed by atoms with Crippen molar-refractivity contribution in [2.24, 2.45) is 0 Å². The molecule has 0 fully saturated rings. The molecule has 7 nitrogen and oxygen atoms in total. The Morgan fingerprint density at radius 1 is 0.903 bits per heavy atom. The summed E-state index contributed by atoms with van der Waals surface area (Å²) in [5.74, 6) is 1.36. The van der Waals surface area contributed by atoms with Crippen LogP contribution in [0.1, 0.15) is 26.3 Å². The van der Waals surface area contributed by atoms with E-state index in [-0.39, 0.29) is 18.4 Å². The molecule has 2 amide bonds. The highest BCUT2D eigenvalue weighted by molar-refractivity contribution is 6.09. The number of ether oxygens (including phenoxy) is 3. The van der Waals surface area contributed by atoms with Gasteiger partial charge in [0.15, 0.2) is 11.5 Å². The number of hydrogen-bond acceptors (Lipinski definition) is 5. The number of carbonyl (C=O) groups excluding carboxylic acids is 2. The van der Waals surface area contributed by atoms with Gasteiger partial charge in [-0.25, -0.2) is 0 Å². The maximum Gasteiger partial charge on any atom is 0.255 e. The maximum absolute atomic E-state index is 12.9. The molecule has 0 saturated carbocycles. The lowest BCUT2D eigenvalue weighted by molar-refractivity contribution is 0.0950. The molecule has 0 saturated heterocycles. The van der Waals surface area contributed by atoms with E-state index in [2.05, 4.69) is 10.6 Å². The number of benzene rings is 3. The summed E-state index contributed by atoms with van der Waals surface area (Å²) in [7, 11) is 1.56. The number of anilines is 1. The zero-order valence-electron chi connectivity index (χ0n) is 17.0. The van der Waals surface area contributed by atoms with Crippen LogP contribution in [0.3, 0.4) is 0 Å². The molecule has 4 rings (SSSR count). The van der Waals surface area contributed by atoms with E-state index >= 15 is 0 Å². The molecule has 0 aromatic heterocycles. The molecule has 2 N–H and O–H groups in total. The van der Waals surface area contributed by atoms with Crippen molar-refractivity contribution in [3.63, 3.8) is 0 Å². The Hall–Kier alpha value is -4.00. The topological polar surface area (TPSA) is 85.9 Å². The standard InChI is InChI=1S/C24H22N2O5/c1-29-18-11-9-16(10-12-18)23(27)26-20-7-3-2-6-19(20)24(28)25-15-17-5-4-8-21-22(17)31-14-13-30-21/h2-12H,13-15H2,1H3,(H,25,28)(H,26,27). The zero-order chi connectivity index (χ0) is 21.6. The number of nitrogens with one attached hydrogen (secondary N) is 2. The van der Waals surface area contributed by atoms with Gasteiger partial charge >= 0.3 is 0 Å². The first kappa shape index (κ1) is 20.3. The van der Waals surface area contributed by atoms with Crippen LogP contribution in [0.25, 0.3) is 0 Å². The first-order chi connectivity index (χ1) is 15.2. The fourth-order valence-electron chi connectivity index (χ4n) is 3.27. The van der Waals surface area contributed by atoms with Gasteiger partial charge in [0.1, 0.15) is 19.0 Å². The van der Waals surface area contributed by atoms with Crippen LogP contribution in [-0.2, 0) is 6.54 Å². The molecule has 1 heterocycles. The molecule has 0 atom stereocenters. The lowest BCUT2D eigenvalue weighted by Crippen LogP contribution is -2.26. The summed E-state index contributed by atoms with van der Waals surface area (Å²) in [5.41, 5.74) is 2.08. The Morgan fingerprint density at radius 3 is 2.48 bits per heavy atom. The van der Waals surface area contributed by atoms with Gasteiger partial charge in [0.2, 0.25) is 0 Å². The van der Waals surface area contributed by atoms with Crippen molar-refractivity contribution < 1.29 is 23.8 Å². The van der Waals surface area contributed by atoms with Gasteiger partial charge in [-0.2, -0.15) is 0 Å². The van der Waals surface area contributed by atoms with Crippen molar-refractivity contribution in [2.45, 2.75) is 6.54 Å². The summed E-state index contributed by atoms with van der Waals surface area (Å²) >= 11 is 0. The molecule has 31 heavy (non-hydrogen) atoms. The summed E-state index contributed by atoms with van der Waals surface area (Å²) in [6.45, 7) is 1.24. The molecule has 1 aliphatic heterocycles. The van der Waals surface area contributed by atoms with E-state index in [0.717, 1.165) is 5.56 Å². The number of methoxy groups -OCH3 is 1.